The molecule has 2 N–H and O–H groups in total. The van der Waals surface area contributed by atoms with Gasteiger partial charge in [-0.2, -0.15) is 4.98 Å². The van der Waals surface area contributed by atoms with E-state index in [9.17, 15) is 0 Å². The molecule has 1 atom stereocenters. The third kappa shape index (κ3) is 2.00. The molecule has 2 aromatic heterocycles. The number of rotatable bonds is 2. The lowest BCUT2D eigenvalue weighted by Crippen LogP contribution is -2.28. The van der Waals surface area contributed by atoms with Crippen LogP contribution in [-0.4, -0.2) is 28.2 Å². The molecule has 20 heavy (non-hydrogen) atoms. The van der Waals surface area contributed by atoms with Crippen LogP contribution in [-0.2, 0) is 0 Å². The number of hydrogen-bond donors (Lipinski definition) is 2. The highest BCUT2D eigenvalue weighted by Gasteiger charge is 2.22. The van der Waals surface area contributed by atoms with Gasteiger partial charge in [-0.15, -0.1) is 0 Å². The third-order valence-corrected chi connectivity index (χ3v) is 3.86. The van der Waals surface area contributed by atoms with Crippen LogP contribution in [0.1, 0.15) is 24.7 Å². The van der Waals surface area contributed by atoms with E-state index in [4.69, 9.17) is 4.52 Å². The minimum Gasteiger partial charge on any atom is -0.352 e. The van der Waals surface area contributed by atoms with Gasteiger partial charge in [-0.3, -0.25) is 0 Å². The van der Waals surface area contributed by atoms with Crippen molar-refractivity contribution in [2.45, 2.75) is 18.8 Å². The molecule has 102 valence electrons. The van der Waals surface area contributed by atoms with Crippen molar-refractivity contribution in [3.8, 4) is 11.5 Å². The summed E-state index contributed by atoms with van der Waals surface area (Å²) < 4.78 is 5.43. The van der Waals surface area contributed by atoms with E-state index in [-0.39, 0.29) is 0 Å². The smallest absolute Gasteiger partial charge is 0.231 e. The molecule has 5 nitrogen and oxygen atoms in total. The van der Waals surface area contributed by atoms with Crippen molar-refractivity contribution in [2.75, 3.05) is 13.1 Å². The molecular formula is C15H16N4O. The second kappa shape index (κ2) is 4.76. The van der Waals surface area contributed by atoms with E-state index < -0.39 is 0 Å². The third-order valence-electron chi connectivity index (χ3n) is 3.86. The average molecular weight is 268 g/mol. The fourth-order valence-electron chi connectivity index (χ4n) is 2.77. The number of piperidine rings is 1. The number of aromatic amines is 1. The summed E-state index contributed by atoms with van der Waals surface area (Å²) in [6, 6.07) is 10.2. The van der Waals surface area contributed by atoms with E-state index >= 15 is 0 Å². The Balaban J connectivity index is 1.66. The molecule has 0 spiro atoms. The van der Waals surface area contributed by atoms with Gasteiger partial charge in [0.25, 0.3) is 0 Å². The van der Waals surface area contributed by atoms with Gasteiger partial charge < -0.3 is 14.8 Å². The summed E-state index contributed by atoms with van der Waals surface area (Å²) in [6.07, 6.45) is 2.27. The molecule has 1 fully saturated rings. The van der Waals surface area contributed by atoms with Crippen LogP contribution in [0.15, 0.2) is 34.9 Å². The quantitative estimate of drug-likeness (QED) is 0.750. The molecule has 0 amide bonds. The number of benzene rings is 1. The highest BCUT2D eigenvalue weighted by molar-refractivity contribution is 5.84. The predicted molar refractivity (Wildman–Crippen MR) is 76.4 cm³/mol. The van der Waals surface area contributed by atoms with E-state index in [1.807, 2.05) is 18.2 Å². The van der Waals surface area contributed by atoms with E-state index in [1.165, 1.54) is 0 Å². The summed E-state index contributed by atoms with van der Waals surface area (Å²) in [4.78, 5) is 7.88. The normalized spacial score (nSPS) is 19.5. The molecule has 3 heterocycles. The molecule has 0 bridgehead atoms. The van der Waals surface area contributed by atoms with Gasteiger partial charge >= 0.3 is 0 Å². The molecular weight excluding hydrogens is 252 g/mol. The van der Waals surface area contributed by atoms with Crippen molar-refractivity contribution < 1.29 is 4.52 Å². The molecule has 3 aromatic rings. The Hall–Kier alpha value is -2.14. The highest BCUT2D eigenvalue weighted by Crippen LogP contribution is 2.26. The second-order valence-electron chi connectivity index (χ2n) is 5.27. The number of para-hydroxylation sites is 1. The van der Waals surface area contributed by atoms with Crippen LogP contribution in [0.4, 0.5) is 0 Å². The average Bonchev–Trinajstić information content (AvgIpc) is 3.14. The summed E-state index contributed by atoms with van der Waals surface area (Å²) in [5, 5.41) is 8.64. The standard InChI is InChI=1S/C15H16N4O/c1-2-6-12-10(4-1)8-13(17-12)14-18-15(20-19-14)11-5-3-7-16-9-11/h1-2,4,6,8,11,16-17H,3,5,7,9H2/t11-/m0/s1. The summed E-state index contributed by atoms with van der Waals surface area (Å²) in [5.41, 5.74) is 2.00. The fraction of sp³-hybridized carbons (Fsp3) is 0.333. The highest BCUT2D eigenvalue weighted by atomic mass is 16.5. The van der Waals surface area contributed by atoms with E-state index in [0.29, 0.717) is 11.7 Å². The van der Waals surface area contributed by atoms with Crippen LogP contribution in [0.3, 0.4) is 0 Å². The zero-order valence-corrected chi connectivity index (χ0v) is 11.1. The van der Waals surface area contributed by atoms with Crippen molar-refractivity contribution >= 4 is 10.9 Å². The van der Waals surface area contributed by atoms with Crippen molar-refractivity contribution in [1.82, 2.24) is 20.4 Å². The maximum Gasteiger partial charge on any atom is 0.231 e. The van der Waals surface area contributed by atoms with Gasteiger partial charge in [0.15, 0.2) is 0 Å². The summed E-state index contributed by atoms with van der Waals surface area (Å²) in [7, 11) is 0. The zero-order valence-electron chi connectivity index (χ0n) is 11.1. The van der Waals surface area contributed by atoms with Crippen molar-refractivity contribution in [2.24, 2.45) is 0 Å². The van der Waals surface area contributed by atoms with Gasteiger partial charge in [0.2, 0.25) is 11.7 Å². The Bertz CT molecular complexity index is 691. The van der Waals surface area contributed by atoms with Gasteiger partial charge in [-0.05, 0) is 31.5 Å². The van der Waals surface area contributed by atoms with Crippen LogP contribution >= 0.6 is 0 Å². The van der Waals surface area contributed by atoms with Crippen LogP contribution < -0.4 is 5.32 Å². The second-order valence-corrected chi connectivity index (χ2v) is 5.27. The molecule has 0 aliphatic carbocycles. The molecule has 1 aliphatic heterocycles. The van der Waals surface area contributed by atoms with Crippen molar-refractivity contribution in [3.63, 3.8) is 0 Å². The van der Waals surface area contributed by atoms with Gasteiger partial charge in [0.1, 0.15) is 0 Å². The van der Waals surface area contributed by atoms with E-state index in [1.54, 1.807) is 0 Å². The monoisotopic (exact) mass is 268 g/mol. The van der Waals surface area contributed by atoms with Crippen molar-refractivity contribution in [3.05, 3.63) is 36.2 Å². The molecule has 5 heteroatoms. The van der Waals surface area contributed by atoms with Crippen molar-refractivity contribution in [1.29, 1.82) is 0 Å². The Kier molecular flexibility index (Phi) is 2.77. The number of hydrogen-bond acceptors (Lipinski definition) is 4. The zero-order chi connectivity index (χ0) is 13.4. The van der Waals surface area contributed by atoms with Gasteiger partial charge in [-0.1, -0.05) is 23.4 Å². The molecule has 0 radical (unpaired) electrons. The lowest BCUT2D eigenvalue weighted by Gasteiger charge is -2.18. The number of nitrogens with one attached hydrogen (secondary N) is 2. The summed E-state index contributed by atoms with van der Waals surface area (Å²) in [5.74, 6) is 1.72. The predicted octanol–water partition coefficient (Wildman–Crippen LogP) is 2.68. The lowest BCUT2D eigenvalue weighted by molar-refractivity contribution is 0.322. The SMILES string of the molecule is c1ccc2[nH]c(-c3noc([C@H]4CCCNC4)n3)cc2c1. The first kappa shape index (κ1) is 11.7. The van der Waals surface area contributed by atoms with Crippen LogP contribution in [0.25, 0.3) is 22.4 Å². The maximum atomic E-state index is 5.43. The Labute approximate surface area is 116 Å². The first-order valence-electron chi connectivity index (χ1n) is 7.02. The first-order valence-corrected chi connectivity index (χ1v) is 7.02. The molecule has 1 aromatic carbocycles. The van der Waals surface area contributed by atoms with Gasteiger partial charge in [-0.25, -0.2) is 0 Å². The van der Waals surface area contributed by atoms with Crippen LogP contribution in [0.5, 0.6) is 0 Å². The molecule has 1 aliphatic rings. The van der Waals surface area contributed by atoms with Crippen LogP contribution in [0, 0.1) is 0 Å². The number of fused-ring (bicyclic) bond motifs is 1. The molecule has 0 unspecified atom stereocenters. The Morgan fingerprint density at radius 1 is 1.25 bits per heavy atom. The fourth-order valence-corrected chi connectivity index (χ4v) is 2.77. The Morgan fingerprint density at radius 3 is 3.05 bits per heavy atom. The first-order chi connectivity index (χ1) is 9.90. The molecule has 1 saturated heterocycles. The topological polar surface area (TPSA) is 66.7 Å². The van der Waals surface area contributed by atoms with E-state index in [2.05, 4.69) is 32.6 Å². The van der Waals surface area contributed by atoms with E-state index in [0.717, 1.165) is 48.4 Å². The largest absolute Gasteiger partial charge is 0.352 e. The molecule has 4 rings (SSSR count). The number of H-pyrrole nitrogens is 1. The maximum absolute atomic E-state index is 5.43. The minimum atomic E-state index is 0.342. The minimum absolute atomic E-state index is 0.342. The summed E-state index contributed by atoms with van der Waals surface area (Å²) >= 11 is 0. The summed E-state index contributed by atoms with van der Waals surface area (Å²) in [6.45, 7) is 2.01. The Morgan fingerprint density at radius 2 is 2.20 bits per heavy atom. The van der Waals surface area contributed by atoms with Crippen LogP contribution in [0.2, 0.25) is 0 Å². The van der Waals surface area contributed by atoms with Gasteiger partial charge in [0, 0.05) is 17.4 Å². The molecule has 0 saturated carbocycles. The number of nitrogens with zero attached hydrogens (tertiary/aromatic N) is 2. The lowest BCUT2D eigenvalue weighted by atomic mass is 10.00. The van der Waals surface area contributed by atoms with Gasteiger partial charge in [0.05, 0.1) is 11.6 Å². The number of aromatic nitrogens is 3.